The smallest absolute Gasteiger partial charge is 0.260 e. The molecule has 24 heavy (non-hydrogen) atoms. The third-order valence-electron chi connectivity index (χ3n) is 3.55. The summed E-state index contributed by atoms with van der Waals surface area (Å²) in [5.41, 5.74) is 0.666. The first-order chi connectivity index (χ1) is 11.5. The summed E-state index contributed by atoms with van der Waals surface area (Å²) < 4.78 is 10.3. The van der Waals surface area contributed by atoms with Crippen molar-refractivity contribution in [1.82, 2.24) is 10.3 Å². The Kier molecular flexibility index (Phi) is 5.59. The maximum Gasteiger partial charge on any atom is 0.260 e. The number of ether oxygens (including phenoxy) is 2. The van der Waals surface area contributed by atoms with Crippen LogP contribution in [-0.2, 0) is 0 Å². The monoisotopic (exact) mass is 332 g/mol. The van der Waals surface area contributed by atoms with Crippen LogP contribution in [0.3, 0.4) is 0 Å². The lowest BCUT2D eigenvalue weighted by Crippen LogP contribution is -2.32. The molecule has 7 heteroatoms. The normalized spacial score (nSPS) is 11.7. The molecule has 0 bridgehead atoms. The third-order valence-corrected chi connectivity index (χ3v) is 3.55. The van der Waals surface area contributed by atoms with E-state index in [9.17, 15) is 14.7 Å². The Morgan fingerprint density at radius 1 is 1.25 bits per heavy atom. The van der Waals surface area contributed by atoms with Crippen molar-refractivity contribution >= 4 is 5.91 Å². The van der Waals surface area contributed by atoms with Crippen molar-refractivity contribution in [3.05, 3.63) is 57.5 Å². The summed E-state index contributed by atoms with van der Waals surface area (Å²) in [5, 5.41) is 12.9. The number of amides is 1. The Balaban J connectivity index is 2.11. The molecule has 2 rings (SSSR count). The first-order valence-electron chi connectivity index (χ1n) is 7.34. The zero-order valence-corrected chi connectivity index (χ0v) is 13.8. The lowest BCUT2D eigenvalue weighted by Gasteiger charge is -2.16. The van der Waals surface area contributed by atoms with Gasteiger partial charge in [0.15, 0.2) is 0 Å². The molecule has 0 aliphatic carbocycles. The number of aryl methyl sites for hydroxylation is 1. The molecule has 128 valence electrons. The van der Waals surface area contributed by atoms with E-state index in [0.29, 0.717) is 22.8 Å². The van der Waals surface area contributed by atoms with Crippen LogP contribution in [0.2, 0.25) is 0 Å². The number of rotatable bonds is 6. The molecule has 0 aliphatic heterocycles. The number of carbonyl (C=O) groups is 1. The van der Waals surface area contributed by atoms with Gasteiger partial charge < -0.3 is 24.9 Å². The molecule has 1 unspecified atom stereocenters. The number of methoxy groups -OCH3 is 2. The number of H-pyrrole nitrogens is 1. The molecule has 1 heterocycles. The topological polar surface area (TPSA) is 101 Å². The van der Waals surface area contributed by atoms with E-state index in [1.54, 1.807) is 31.2 Å². The van der Waals surface area contributed by atoms with Gasteiger partial charge in [-0.05, 0) is 37.3 Å². The van der Waals surface area contributed by atoms with E-state index in [2.05, 4.69) is 10.3 Å². The van der Waals surface area contributed by atoms with Gasteiger partial charge in [0.25, 0.3) is 11.5 Å². The molecule has 0 fully saturated rings. The fraction of sp³-hybridized carbons (Fsp3) is 0.294. The third kappa shape index (κ3) is 3.94. The van der Waals surface area contributed by atoms with Gasteiger partial charge in [-0.25, -0.2) is 0 Å². The van der Waals surface area contributed by atoms with Crippen LogP contribution in [0.1, 0.15) is 27.7 Å². The van der Waals surface area contributed by atoms with Crippen molar-refractivity contribution in [2.75, 3.05) is 20.8 Å². The number of aliphatic hydroxyl groups excluding tert-OH is 1. The molecule has 0 radical (unpaired) electrons. The predicted octanol–water partition coefficient (Wildman–Crippen LogP) is 1.16. The number of pyridine rings is 1. The number of aliphatic hydroxyl groups is 1. The molecule has 1 atom stereocenters. The van der Waals surface area contributed by atoms with Gasteiger partial charge in [0.05, 0.1) is 14.2 Å². The quantitative estimate of drug-likeness (QED) is 0.737. The Morgan fingerprint density at radius 3 is 2.62 bits per heavy atom. The number of aromatic nitrogens is 1. The van der Waals surface area contributed by atoms with Gasteiger partial charge in [-0.2, -0.15) is 0 Å². The van der Waals surface area contributed by atoms with Crippen LogP contribution in [0.4, 0.5) is 0 Å². The minimum atomic E-state index is -1.01. The fourth-order valence-corrected chi connectivity index (χ4v) is 2.25. The van der Waals surface area contributed by atoms with Crippen LogP contribution in [0.25, 0.3) is 0 Å². The second kappa shape index (κ2) is 7.65. The van der Waals surface area contributed by atoms with Gasteiger partial charge in [-0.3, -0.25) is 9.59 Å². The lowest BCUT2D eigenvalue weighted by molar-refractivity contribution is 0.0913. The van der Waals surface area contributed by atoms with Crippen molar-refractivity contribution in [2.24, 2.45) is 0 Å². The summed E-state index contributed by atoms with van der Waals surface area (Å²) in [6.45, 7) is 1.65. The molecular weight excluding hydrogens is 312 g/mol. The highest BCUT2D eigenvalue weighted by Gasteiger charge is 2.17. The van der Waals surface area contributed by atoms with Crippen molar-refractivity contribution in [1.29, 1.82) is 0 Å². The standard InChI is InChI=1S/C17H20N2O5/c1-10-4-6-12(17(22)19-10)16(21)18-9-14(20)13-8-11(23-2)5-7-15(13)24-3/h4-8,14,20H,9H2,1-3H3,(H,18,21)(H,19,22). The molecule has 2 aromatic rings. The number of aromatic amines is 1. The molecule has 1 aromatic carbocycles. The summed E-state index contributed by atoms with van der Waals surface area (Å²) in [4.78, 5) is 26.4. The minimum absolute atomic E-state index is 0.00888. The van der Waals surface area contributed by atoms with Gasteiger partial charge in [0.1, 0.15) is 23.2 Å². The first kappa shape index (κ1) is 17.6. The van der Waals surface area contributed by atoms with Gasteiger partial charge >= 0.3 is 0 Å². The fourth-order valence-electron chi connectivity index (χ4n) is 2.25. The second-order valence-corrected chi connectivity index (χ2v) is 5.22. The van der Waals surface area contributed by atoms with E-state index in [1.807, 2.05) is 0 Å². The number of hydrogen-bond acceptors (Lipinski definition) is 5. The first-order valence-corrected chi connectivity index (χ1v) is 7.34. The molecule has 7 nitrogen and oxygen atoms in total. The van der Waals surface area contributed by atoms with Crippen LogP contribution >= 0.6 is 0 Å². The predicted molar refractivity (Wildman–Crippen MR) is 88.6 cm³/mol. The molecule has 0 saturated heterocycles. The zero-order valence-electron chi connectivity index (χ0n) is 13.8. The summed E-state index contributed by atoms with van der Waals surface area (Å²) in [6.07, 6.45) is -1.01. The highest BCUT2D eigenvalue weighted by Crippen LogP contribution is 2.29. The second-order valence-electron chi connectivity index (χ2n) is 5.22. The molecule has 1 amide bonds. The van der Waals surface area contributed by atoms with Crippen molar-refractivity contribution in [3.8, 4) is 11.5 Å². The van der Waals surface area contributed by atoms with Crippen LogP contribution in [0.5, 0.6) is 11.5 Å². The van der Waals surface area contributed by atoms with Gasteiger partial charge in [-0.15, -0.1) is 0 Å². The van der Waals surface area contributed by atoms with E-state index in [0.717, 1.165) is 0 Å². The van der Waals surface area contributed by atoms with Crippen LogP contribution in [0.15, 0.2) is 35.1 Å². The van der Waals surface area contributed by atoms with Crippen molar-refractivity contribution in [3.63, 3.8) is 0 Å². The lowest BCUT2D eigenvalue weighted by atomic mass is 10.1. The van der Waals surface area contributed by atoms with E-state index >= 15 is 0 Å². The molecule has 0 spiro atoms. The molecule has 0 saturated carbocycles. The highest BCUT2D eigenvalue weighted by molar-refractivity contribution is 5.93. The summed E-state index contributed by atoms with van der Waals surface area (Å²) in [7, 11) is 3.01. The number of carbonyl (C=O) groups excluding carboxylic acids is 1. The van der Waals surface area contributed by atoms with E-state index < -0.39 is 17.6 Å². The molecule has 3 N–H and O–H groups in total. The average molecular weight is 332 g/mol. The summed E-state index contributed by atoms with van der Waals surface area (Å²) >= 11 is 0. The number of nitrogens with one attached hydrogen (secondary N) is 2. The SMILES string of the molecule is COc1ccc(OC)c(C(O)CNC(=O)c2ccc(C)[nH]c2=O)c1. The van der Waals surface area contributed by atoms with Gasteiger partial charge in [0.2, 0.25) is 0 Å². The van der Waals surface area contributed by atoms with Gasteiger partial charge in [0, 0.05) is 17.8 Å². The average Bonchev–Trinajstić information content (AvgIpc) is 2.58. The molecular formula is C17H20N2O5. The summed E-state index contributed by atoms with van der Waals surface area (Å²) in [5.74, 6) is 0.481. The van der Waals surface area contributed by atoms with Crippen LogP contribution in [0, 0.1) is 6.92 Å². The number of hydrogen-bond donors (Lipinski definition) is 3. The molecule has 0 aliphatic rings. The van der Waals surface area contributed by atoms with Crippen LogP contribution in [-0.4, -0.2) is 36.8 Å². The Hall–Kier alpha value is -2.80. The largest absolute Gasteiger partial charge is 0.497 e. The Labute approximate surface area is 139 Å². The highest BCUT2D eigenvalue weighted by atomic mass is 16.5. The number of benzene rings is 1. The Bertz CT molecular complexity index is 785. The molecule has 1 aromatic heterocycles. The van der Waals surface area contributed by atoms with Gasteiger partial charge in [-0.1, -0.05) is 0 Å². The van der Waals surface area contributed by atoms with Crippen molar-refractivity contribution in [2.45, 2.75) is 13.0 Å². The van der Waals surface area contributed by atoms with E-state index in [4.69, 9.17) is 9.47 Å². The Morgan fingerprint density at radius 2 is 2.00 bits per heavy atom. The maximum atomic E-state index is 12.1. The van der Waals surface area contributed by atoms with E-state index in [-0.39, 0.29) is 12.1 Å². The van der Waals surface area contributed by atoms with Crippen LogP contribution < -0.4 is 20.3 Å². The summed E-state index contributed by atoms with van der Waals surface area (Å²) in [6, 6.07) is 8.09. The van der Waals surface area contributed by atoms with Crippen molar-refractivity contribution < 1.29 is 19.4 Å². The zero-order chi connectivity index (χ0) is 17.7. The maximum absolute atomic E-state index is 12.1. The minimum Gasteiger partial charge on any atom is -0.497 e. The van der Waals surface area contributed by atoms with E-state index in [1.165, 1.54) is 20.3 Å².